The number of allylic oxidation sites excluding steroid dienone is 4. The van der Waals surface area contributed by atoms with Gasteiger partial charge in [-0.3, -0.25) is 4.79 Å². The summed E-state index contributed by atoms with van der Waals surface area (Å²) in [5.41, 5.74) is 1.08. The maximum atomic E-state index is 13.1. The molecule has 0 unspecified atom stereocenters. The third-order valence-electron chi connectivity index (χ3n) is 14.8. The molecule has 0 aromatic carbocycles. The second kappa shape index (κ2) is 33.9. The lowest BCUT2D eigenvalue weighted by Crippen LogP contribution is -2.48. The number of carbonyl (C=O) groups is 2. The monoisotopic (exact) mass is 1080 g/mol. The number of ether oxygens (including phenoxy) is 4. The van der Waals surface area contributed by atoms with Gasteiger partial charge in [0.25, 0.3) is 0 Å². The topological polar surface area (TPSA) is 192 Å². The summed E-state index contributed by atoms with van der Waals surface area (Å²) in [6.07, 6.45) is 17.6. The first-order chi connectivity index (χ1) is 34.0. The first kappa shape index (κ1) is 65.2. The number of hydrogen-bond donors (Lipinski definition) is 6. The van der Waals surface area contributed by atoms with Gasteiger partial charge in [-0.25, -0.2) is 4.79 Å². The van der Waals surface area contributed by atoms with Crippen molar-refractivity contribution in [3.8, 4) is 0 Å². The van der Waals surface area contributed by atoms with E-state index in [-0.39, 0.29) is 38.1 Å². The van der Waals surface area contributed by atoms with Crippen LogP contribution in [0.15, 0.2) is 82.1 Å². The van der Waals surface area contributed by atoms with Crippen LogP contribution in [0.2, 0.25) is 0 Å². The molecule has 0 radical (unpaired) electrons. The van der Waals surface area contributed by atoms with Crippen molar-refractivity contribution in [1.82, 2.24) is 0 Å². The molecule has 13 heteroatoms. The molecule has 1 saturated heterocycles. The van der Waals surface area contributed by atoms with Gasteiger partial charge in [-0.1, -0.05) is 175 Å². The zero-order valence-electron chi connectivity index (χ0n) is 45.7. The lowest BCUT2D eigenvalue weighted by molar-refractivity contribution is -0.163. The van der Waals surface area contributed by atoms with E-state index in [0.29, 0.717) is 54.6 Å². The lowest BCUT2D eigenvalue weighted by Gasteiger charge is -2.38. The number of methoxy groups -OCH3 is 1. The van der Waals surface area contributed by atoms with Crippen molar-refractivity contribution >= 4 is 27.9 Å². The molecule has 2 aliphatic heterocycles. The molecule has 6 N–H and O–H groups in total. The molecule has 12 nitrogen and oxygen atoms in total. The average molecular weight is 1080 g/mol. The van der Waals surface area contributed by atoms with Crippen molar-refractivity contribution in [2.45, 2.75) is 257 Å². The highest BCUT2D eigenvalue weighted by Gasteiger charge is 2.51. The third kappa shape index (κ3) is 23.8. The normalized spacial score (nSPS) is 25.7. The zero-order chi connectivity index (χ0) is 54.0. The Morgan fingerprint density at radius 1 is 0.917 bits per heavy atom. The summed E-state index contributed by atoms with van der Waals surface area (Å²) in [5.74, 6) is -1.21. The third-order valence-corrected chi connectivity index (χ3v) is 15.2. The SMILES string of the molecule is C=C1/C=C(\C)C[C@H]2C[C@@H](OC(=O)/C=C(C)/C=C/C[C@H](O)C1)[C@@](C)([C@@H](O)/C=C(\C)C[C@@H](O)C(C)(C)[C@@H](O)C[C@@H](O)[C@H](C)[C@@H](O)C[C@H](CC(=C)/C(=C\Br)OC)OC(=O)CCCCCCCCCCCCCCC)O2. The van der Waals surface area contributed by atoms with Crippen LogP contribution in [0.25, 0.3) is 0 Å². The van der Waals surface area contributed by atoms with Gasteiger partial charge in [-0.2, -0.15) is 0 Å². The maximum Gasteiger partial charge on any atom is 0.331 e. The van der Waals surface area contributed by atoms with Crippen molar-refractivity contribution in [2.24, 2.45) is 11.3 Å². The summed E-state index contributed by atoms with van der Waals surface area (Å²) in [5, 5.41) is 68.3. The average Bonchev–Trinajstić information content (AvgIpc) is 3.61. The number of halogens is 1. The van der Waals surface area contributed by atoms with Gasteiger partial charge in [0.05, 0.1) is 43.7 Å². The Kier molecular flexibility index (Phi) is 30.7. The van der Waals surface area contributed by atoms with E-state index < -0.39 is 77.8 Å². The van der Waals surface area contributed by atoms with Gasteiger partial charge in [-0.05, 0) is 70.9 Å². The first-order valence-electron chi connectivity index (χ1n) is 27.0. The van der Waals surface area contributed by atoms with Crippen LogP contribution < -0.4 is 0 Å². The van der Waals surface area contributed by atoms with Crippen molar-refractivity contribution < 1.29 is 59.2 Å². The van der Waals surface area contributed by atoms with Gasteiger partial charge in [0.15, 0.2) is 0 Å². The summed E-state index contributed by atoms with van der Waals surface area (Å²) in [6.45, 7) is 22.7. The predicted octanol–water partition coefficient (Wildman–Crippen LogP) is 11.8. The van der Waals surface area contributed by atoms with Crippen LogP contribution in [0.1, 0.15) is 197 Å². The summed E-state index contributed by atoms with van der Waals surface area (Å²) < 4.78 is 23.8. The van der Waals surface area contributed by atoms with E-state index in [9.17, 15) is 40.2 Å². The van der Waals surface area contributed by atoms with E-state index in [1.165, 1.54) is 71.0 Å². The van der Waals surface area contributed by atoms with Crippen molar-refractivity contribution in [3.05, 3.63) is 82.1 Å². The van der Waals surface area contributed by atoms with E-state index in [1.54, 1.807) is 64.8 Å². The molecular formula is C59H97BrO12. The molecule has 72 heavy (non-hydrogen) atoms. The molecule has 0 spiro atoms. The Bertz CT molecular complexity index is 1820. The number of fused-ring (bicyclic) bond motifs is 2. The smallest absolute Gasteiger partial charge is 0.331 e. The molecular weight excluding hydrogens is 981 g/mol. The van der Waals surface area contributed by atoms with Crippen LogP contribution in [-0.4, -0.2) is 110 Å². The van der Waals surface area contributed by atoms with Gasteiger partial charge >= 0.3 is 11.9 Å². The lowest BCUT2D eigenvalue weighted by atomic mass is 9.75. The standard InChI is InChI=1S/C59H97BrO12/c1-12-13-14-15-16-17-18-19-20-21-22-23-24-28-56(67)70-47(35-44(6)51(39-60)69-11)36-49(62)45(7)50(63)38-53(65)58(8,9)52(64)32-43(5)33-54(66)59(10)55-37-48(72-59)31-42(4)29-41(3)30-46(61)27-25-26-40(2)34-57(68)71-55/h25-26,29,33-34,39,45-50,52-55,61-66H,3,6,12-24,27-28,30-32,35-38H2,1-2,4-5,7-11H3/b26-25+,40-34+,42-29+,43-33+,51-39+/t45-,46+,47+,48+,49+,50-,52-,53+,54+,55-,59-/m1/s1. The van der Waals surface area contributed by atoms with E-state index in [2.05, 4.69) is 36.0 Å². The minimum Gasteiger partial charge on any atom is -0.496 e. The molecule has 1 fully saturated rings. The van der Waals surface area contributed by atoms with Crippen molar-refractivity contribution in [1.29, 1.82) is 0 Å². The van der Waals surface area contributed by atoms with Crippen LogP contribution in [0.3, 0.4) is 0 Å². The van der Waals surface area contributed by atoms with Crippen LogP contribution in [0, 0.1) is 11.3 Å². The fourth-order valence-electron chi connectivity index (χ4n) is 9.66. The quantitative estimate of drug-likeness (QED) is 0.0127. The van der Waals surface area contributed by atoms with Crippen LogP contribution in [-0.2, 0) is 28.5 Å². The van der Waals surface area contributed by atoms with Crippen LogP contribution in [0.5, 0.6) is 0 Å². The number of aliphatic hydroxyl groups excluding tert-OH is 6. The van der Waals surface area contributed by atoms with Gasteiger partial charge in [0.2, 0.25) is 0 Å². The highest BCUT2D eigenvalue weighted by molar-refractivity contribution is 9.11. The Balaban J connectivity index is 2.06. The molecule has 2 bridgehead atoms. The number of rotatable bonds is 31. The van der Waals surface area contributed by atoms with Crippen LogP contribution in [0.4, 0.5) is 0 Å². The van der Waals surface area contributed by atoms with E-state index in [1.807, 2.05) is 13.0 Å². The largest absolute Gasteiger partial charge is 0.496 e. The fraction of sp³-hybridized carbons (Fsp3) is 0.729. The summed E-state index contributed by atoms with van der Waals surface area (Å²) in [6, 6.07) is 0. The summed E-state index contributed by atoms with van der Waals surface area (Å²) in [7, 11) is 1.51. The predicted molar refractivity (Wildman–Crippen MR) is 292 cm³/mol. The second-order valence-corrected chi connectivity index (χ2v) is 22.4. The van der Waals surface area contributed by atoms with E-state index in [4.69, 9.17) is 18.9 Å². The fourth-order valence-corrected chi connectivity index (χ4v) is 10.2. The summed E-state index contributed by atoms with van der Waals surface area (Å²) in [4.78, 5) is 27.9. The number of unbranched alkanes of at least 4 members (excludes halogenated alkanes) is 12. The molecule has 0 aromatic heterocycles. The van der Waals surface area contributed by atoms with Crippen molar-refractivity contribution in [2.75, 3.05) is 7.11 Å². The molecule has 2 rings (SSSR count). The molecule has 412 valence electrons. The number of carbonyl (C=O) groups excluding carboxylic acids is 2. The zero-order valence-corrected chi connectivity index (χ0v) is 47.3. The van der Waals surface area contributed by atoms with Gasteiger partial charge in [-0.15, -0.1) is 0 Å². The molecule has 0 amide bonds. The molecule has 0 aromatic rings. The van der Waals surface area contributed by atoms with E-state index in [0.717, 1.165) is 30.4 Å². The number of aliphatic hydroxyl groups is 6. The minimum absolute atomic E-state index is 0.0174. The summed E-state index contributed by atoms with van der Waals surface area (Å²) >= 11 is 3.29. The highest BCUT2D eigenvalue weighted by atomic mass is 79.9. The molecule has 0 aliphatic carbocycles. The Hall–Kier alpha value is -2.88. The van der Waals surface area contributed by atoms with Crippen LogP contribution >= 0.6 is 15.9 Å². The first-order valence-corrected chi connectivity index (χ1v) is 27.9. The molecule has 2 aliphatic rings. The number of esters is 2. The van der Waals surface area contributed by atoms with Crippen molar-refractivity contribution in [3.63, 3.8) is 0 Å². The molecule has 11 atom stereocenters. The second-order valence-electron chi connectivity index (χ2n) is 21.9. The van der Waals surface area contributed by atoms with Gasteiger partial charge in [0, 0.05) is 54.5 Å². The number of hydrogen-bond acceptors (Lipinski definition) is 12. The highest BCUT2D eigenvalue weighted by Crippen LogP contribution is 2.40. The minimum atomic E-state index is -1.34. The van der Waals surface area contributed by atoms with E-state index >= 15 is 0 Å². The van der Waals surface area contributed by atoms with Gasteiger partial charge in [0.1, 0.15) is 29.7 Å². The molecule has 2 heterocycles. The Morgan fingerprint density at radius 3 is 2.08 bits per heavy atom. The Labute approximate surface area is 442 Å². The Morgan fingerprint density at radius 2 is 1.50 bits per heavy atom. The molecule has 0 saturated carbocycles. The maximum absolute atomic E-state index is 13.1. The van der Waals surface area contributed by atoms with Gasteiger partial charge < -0.3 is 49.6 Å².